The Balaban J connectivity index is 1.40. The molecule has 0 saturated carbocycles. The standard InChI is InChI=1S/C19H23N5O3/c1-13-2-5-18(27-13)17(24-6-8-26-9-7-24)12-20-19(25)22-15-4-3-14-11-21-23-16(14)10-15/h2-5,10-11,17H,6-9,12H2,1H3,(H,21,23)(H2,20,22,25)/t17-/m0/s1. The maximum absolute atomic E-state index is 12.4. The maximum atomic E-state index is 12.4. The van der Waals surface area contributed by atoms with Crippen molar-refractivity contribution in [2.45, 2.75) is 13.0 Å². The normalized spacial score (nSPS) is 16.3. The molecule has 8 heteroatoms. The number of benzene rings is 1. The maximum Gasteiger partial charge on any atom is 0.319 e. The monoisotopic (exact) mass is 369 g/mol. The van der Waals surface area contributed by atoms with Gasteiger partial charge >= 0.3 is 6.03 Å². The van der Waals surface area contributed by atoms with Crippen molar-refractivity contribution in [1.82, 2.24) is 20.4 Å². The molecule has 0 aliphatic carbocycles. The van der Waals surface area contributed by atoms with Crippen molar-refractivity contribution >= 4 is 22.6 Å². The van der Waals surface area contributed by atoms with Gasteiger partial charge < -0.3 is 19.8 Å². The van der Waals surface area contributed by atoms with Crippen molar-refractivity contribution < 1.29 is 13.9 Å². The third-order valence-electron chi connectivity index (χ3n) is 4.73. The van der Waals surface area contributed by atoms with Crippen molar-refractivity contribution in [3.05, 3.63) is 48.0 Å². The lowest BCUT2D eigenvalue weighted by atomic mass is 10.1. The summed E-state index contributed by atoms with van der Waals surface area (Å²) in [5.74, 6) is 1.72. The smallest absolute Gasteiger partial charge is 0.319 e. The molecule has 1 aromatic carbocycles. The number of fused-ring (bicyclic) bond motifs is 1. The van der Waals surface area contributed by atoms with Crippen LogP contribution in [-0.4, -0.2) is 54.0 Å². The fourth-order valence-corrected chi connectivity index (χ4v) is 3.31. The number of urea groups is 1. The zero-order valence-corrected chi connectivity index (χ0v) is 15.2. The van der Waals surface area contributed by atoms with Crippen molar-refractivity contribution in [2.75, 3.05) is 38.2 Å². The molecule has 0 bridgehead atoms. The third-order valence-corrected chi connectivity index (χ3v) is 4.73. The van der Waals surface area contributed by atoms with E-state index in [-0.39, 0.29) is 12.1 Å². The number of anilines is 1. The van der Waals surface area contributed by atoms with Crippen molar-refractivity contribution in [3.8, 4) is 0 Å². The van der Waals surface area contributed by atoms with E-state index in [1.165, 1.54) is 0 Å². The summed E-state index contributed by atoms with van der Waals surface area (Å²) in [6.45, 7) is 5.37. The molecule has 3 aromatic rings. The number of nitrogens with zero attached hydrogens (tertiary/aromatic N) is 2. The molecule has 2 aromatic heterocycles. The van der Waals surface area contributed by atoms with Gasteiger partial charge in [0.05, 0.1) is 31.0 Å². The Morgan fingerprint density at radius 2 is 2.15 bits per heavy atom. The minimum absolute atomic E-state index is 0.0246. The molecule has 27 heavy (non-hydrogen) atoms. The van der Waals surface area contributed by atoms with E-state index in [4.69, 9.17) is 9.15 Å². The third kappa shape index (κ3) is 4.12. The first kappa shape index (κ1) is 17.6. The number of aromatic nitrogens is 2. The van der Waals surface area contributed by atoms with Gasteiger partial charge in [0.15, 0.2) is 0 Å². The van der Waals surface area contributed by atoms with Crippen LogP contribution in [0.3, 0.4) is 0 Å². The van der Waals surface area contributed by atoms with Crippen molar-refractivity contribution in [1.29, 1.82) is 0 Å². The number of aryl methyl sites for hydroxylation is 1. The van der Waals surface area contributed by atoms with Crippen LogP contribution in [0.2, 0.25) is 0 Å². The number of nitrogens with one attached hydrogen (secondary N) is 3. The molecule has 1 aliphatic rings. The number of hydrogen-bond acceptors (Lipinski definition) is 5. The summed E-state index contributed by atoms with van der Waals surface area (Å²) in [7, 11) is 0. The number of aromatic amines is 1. The van der Waals surface area contributed by atoms with E-state index in [0.717, 1.165) is 35.5 Å². The molecule has 1 atom stereocenters. The Bertz CT molecular complexity index is 913. The summed E-state index contributed by atoms with van der Waals surface area (Å²) < 4.78 is 11.3. The fourth-order valence-electron chi connectivity index (χ4n) is 3.31. The van der Waals surface area contributed by atoms with E-state index in [1.807, 2.05) is 37.3 Å². The second kappa shape index (κ2) is 7.81. The number of amides is 2. The Morgan fingerprint density at radius 1 is 1.30 bits per heavy atom. The fraction of sp³-hybridized carbons (Fsp3) is 0.368. The molecule has 0 radical (unpaired) electrons. The van der Waals surface area contributed by atoms with Crippen LogP contribution in [0, 0.1) is 6.92 Å². The van der Waals surface area contributed by atoms with Crippen LogP contribution < -0.4 is 10.6 Å². The Hall–Kier alpha value is -2.84. The highest BCUT2D eigenvalue weighted by Crippen LogP contribution is 2.23. The quantitative estimate of drug-likeness (QED) is 0.643. The zero-order valence-electron chi connectivity index (χ0n) is 15.2. The van der Waals surface area contributed by atoms with Crippen LogP contribution in [0.1, 0.15) is 17.6 Å². The molecule has 2 amide bonds. The summed E-state index contributed by atoms with van der Waals surface area (Å²) in [5.41, 5.74) is 1.59. The lowest BCUT2D eigenvalue weighted by molar-refractivity contribution is 0.0122. The van der Waals surface area contributed by atoms with Crippen LogP contribution >= 0.6 is 0 Å². The molecule has 4 rings (SSSR count). The minimum atomic E-state index is -0.254. The van der Waals surface area contributed by atoms with Gasteiger partial charge in [-0.1, -0.05) is 0 Å². The topological polar surface area (TPSA) is 95.4 Å². The molecular weight excluding hydrogens is 346 g/mol. The molecule has 1 aliphatic heterocycles. The summed E-state index contributed by atoms with van der Waals surface area (Å²) in [6.07, 6.45) is 1.75. The molecule has 8 nitrogen and oxygen atoms in total. The van der Waals surface area contributed by atoms with E-state index >= 15 is 0 Å². The summed E-state index contributed by atoms with van der Waals surface area (Å²) >= 11 is 0. The van der Waals surface area contributed by atoms with Gasteiger partial charge in [-0.2, -0.15) is 5.10 Å². The van der Waals surface area contributed by atoms with Gasteiger partial charge in [0.1, 0.15) is 11.5 Å². The molecule has 3 N–H and O–H groups in total. The second-order valence-corrected chi connectivity index (χ2v) is 6.62. The Labute approximate surface area is 156 Å². The predicted octanol–water partition coefficient (Wildman–Crippen LogP) is 2.66. The molecular formula is C19H23N5O3. The van der Waals surface area contributed by atoms with Crippen LogP contribution in [0.5, 0.6) is 0 Å². The van der Waals surface area contributed by atoms with E-state index in [9.17, 15) is 4.79 Å². The second-order valence-electron chi connectivity index (χ2n) is 6.62. The van der Waals surface area contributed by atoms with Crippen LogP contribution in [-0.2, 0) is 4.74 Å². The number of carbonyl (C=O) groups excluding carboxylic acids is 1. The van der Waals surface area contributed by atoms with Crippen LogP contribution in [0.15, 0.2) is 40.9 Å². The highest BCUT2D eigenvalue weighted by atomic mass is 16.5. The highest BCUT2D eigenvalue weighted by Gasteiger charge is 2.25. The van der Waals surface area contributed by atoms with Crippen LogP contribution in [0.25, 0.3) is 10.9 Å². The SMILES string of the molecule is Cc1ccc([C@H](CNC(=O)Nc2ccc3cn[nH]c3c2)N2CCOCC2)o1. The lowest BCUT2D eigenvalue weighted by Gasteiger charge is -2.33. The molecule has 1 fully saturated rings. The largest absolute Gasteiger partial charge is 0.465 e. The van der Waals surface area contributed by atoms with Gasteiger partial charge in [-0.25, -0.2) is 4.79 Å². The number of furan rings is 1. The minimum Gasteiger partial charge on any atom is -0.465 e. The van der Waals surface area contributed by atoms with Crippen molar-refractivity contribution in [3.63, 3.8) is 0 Å². The average Bonchev–Trinajstić information content (AvgIpc) is 3.31. The number of rotatable bonds is 5. The first-order valence-electron chi connectivity index (χ1n) is 9.05. The van der Waals surface area contributed by atoms with E-state index in [0.29, 0.717) is 25.4 Å². The van der Waals surface area contributed by atoms with Gasteiger partial charge in [0.2, 0.25) is 0 Å². The average molecular weight is 369 g/mol. The number of hydrogen-bond donors (Lipinski definition) is 3. The summed E-state index contributed by atoms with van der Waals surface area (Å²) in [5, 5.41) is 13.7. The summed E-state index contributed by atoms with van der Waals surface area (Å²) in [4.78, 5) is 14.7. The number of morpholine rings is 1. The predicted molar refractivity (Wildman–Crippen MR) is 102 cm³/mol. The molecule has 142 valence electrons. The Morgan fingerprint density at radius 3 is 2.93 bits per heavy atom. The number of carbonyl (C=O) groups is 1. The molecule has 3 heterocycles. The van der Waals surface area contributed by atoms with Gasteiger partial charge in [-0.3, -0.25) is 10.00 Å². The first-order chi connectivity index (χ1) is 13.2. The Kier molecular flexibility index (Phi) is 5.08. The van der Waals surface area contributed by atoms with Gasteiger partial charge in [-0.05, 0) is 37.3 Å². The molecule has 0 unspecified atom stereocenters. The number of ether oxygens (including phenoxy) is 1. The van der Waals surface area contributed by atoms with Gasteiger partial charge in [0, 0.05) is 30.7 Å². The first-order valence-corrected chi connectivity index (χ1v) is 9.05. The lowest BCUT2D eigenvalue weighted by Crippen LogP contribution is -2.44. The van der Waals surface area contributed by atoms with E-state index < -0.39 is 0 Å². The summed E-state index contributed by atoms with van der Waals surface area (Å²) in [6, 6.07) is 9.27. The van der Waals surface area contributed by atoms with E-state index in [2.05, 4.69) is 25.7 Å². The van der Waals surface area contributed by atoms with Crippen molar-refractivity contribution in [2.24, 2.45) is 0 Å². The zero-order chi connectivity index (χ0) is 18.6. The molecule has 0 spiro atoms. The van der Waals surface area contributed by atoms with Crippen LogP contribution in [0.4, 0.5) is 10.5 Å². The highest BCUT2D eigenvalue weighted by molar-refractivity contribution is 5.92. The van der Waals surface area contributed by atoms with Gasteiger partial charge in [-0.15, -0.1) is 0 Å². The van der Waals surface area contributed by atoms with Gasteiger partial charge in [0.25, 0.3) is 0 Å². The number of H-pyrrole nitrogens is 1. The molecule has 1 saturated heterocycles. The van der Waals surface area contributed by atoms with E-state index in [1.54, 1.807) is 6.20 Å².